The van der Waals surface area contributed by atoms with Crippen molar-refractivity contribution in [2.45, 2.75) is 50.7 Å². The fraction of sp³-hybridized carbons (Fsp3) is 0.667. The van der Waals surface area contributed by atoms with Crippen LogP contribution < -0.4 is 0 Å². The molecule has 3 rings (SSSR count). The number of rotatable bonds is 0. The molecule has 1 saturated carbocycles. The predicted molar refractivity (Wildman–Crippen MR) is 52.5 cm³/mol. The summed E-state index contributed by atoms with van der Waals surface area (Å²) in [6.45, 7) is 0. The zero-order valence-corrected chi connectivity index (χ0v) is 7.96. The minimum atomic E-state index is 0.461. The summed E-state index contributed by atoms with van der Waals surface area (Å²) in [6, 6.07) is 0. The van der Waals surface area contributed by atoms with E-state index in [1.54, 1.807) is 5.57 Å². The summed E-state index contributed by atoms with van der Waals surface area (Å²) < 4.78 is 6.04. The van der Waals surface area contributed by atoms with Crippen molar-refractivity contribution in [1.29, 1.82) is 0 Å². The second-order valence-electron chi connectivity index (χ2n) is 4.32. The van der Waals surface area contributed by atoms with Crippen molar-refractivity contribution < 1.29 is 4.74 Å². The van der Waals surface area contributed by atoms with E-state index < -0.39 is 0 Å². The Morgan fingerprint density at radius 3 is 3.15 bits per heavy atom. The Balaban J connectivity index is 1.96. The van der Waals surface area contributed by atoms with Crippen LogP contribution in [-0.4, -0.2) is 12.2 Å². The van der Waals surface area contributed by atoms with E-state index in [0.717, 1.165) is 0 Å². The van der Waals surface area contributed by atoms with Gasteiger partial charge in [-0.3, -0.25) is 0 Å². The molecular weight excluding hydrogens is 160 g/mol. The maximum atomic E-state index is 6.04. The summed E-state index contributed by atoms with van der Waals surface area (Å²) in [7, 11) is 0. The molecular formula is C12H16O. The van der Waals surface area contributed by atoms with Gasteiger partial charge in [-0.1, -0.05) is 18.6 Å². The predicted octanol–water partition coefficient (Wildman–Crippen LogP) is 2.97. The van der Waals surface area contributed by atoms with Crippen molar-refractivity contribution in [3.05, 3.63) is 23.3 Å². The van der Waals surface area contributed by atoms with Crippen molar-refractivity contribution in [1.82, 2.24) is 0 Å². The Kier molecular flexibility index (Phi) is 1.79. The molecule has 0 saturated heterocycles. The molecule has 1 aliphatic heterocycles. The number of ether oxygens (including phenoxy) is 1. The second-order valence-corrected chi connectivity index (χ2v) is 4.32. The molecule has 0 aromatic heterocycles. The number of hydrogen-bond donors (Lipinski definition) is 0. The first-order valence-electron chi connectivity index (χ1n) is 5.50. The van der Waals surface area contributed by atoms with Crippen LogP contribution in [0.4, 0.5) is 0 Å². The third kappa shape index (κ3) is 1.18. The molecule has 0 aromatic carbocycles. The first-order chi connectivity index (χ1) is 6.45. The minimum Gasteiger partial charge on any atom is -0.366 e. The van der Waals surface area contributed by atoms with Gasteiger partial charge in [0.2, 0.25) is 0 Å². The van der Waals surface area contributed by atoms with Gasteiger partial charge in [-0.25, -0.2) is 0 Å². The molecule has 1 heterocycles. The van der Waals surface area contributed by atoms with Gasteiger partial charge >= 0.3 is 0 Å². The monoisotopic (exact) mass is 176 g/mol. The summed E-state index contributed by atoms with van der Waals surface area (Å²) in [5.74, 6) is 0. The lowest BCUT2D eigenvalue weighted by molar-refractivity contribution is 0.0372. The highest BCUT2D eigenvalue weighted by atomic mass is 16.5. The maximum absolute atomic E-state index is 6.04. The average molecular weight is 176 g/mol. The highest BCUT2D eigenvalue weighted by molar-refractivity contribution is 5.38. The highest BCUT2D eigenvalue weighted by Crippen LogP contribution is 2.40. The van der Waals surface area contributed by atoms with E-state index in [1.165, 1.54) is 44.1 Å². The molecule has 3 aliphatic rings. The van der Waals surface area contributed by atoms with Gasteiger partial charge in [0.15, 0.2) is 0 Å². The van der Waals surface area contributed by atoms with E-state index in [0.29, 0.717) is 12.2 Å². The lowest BCUT2D eigenvalue weighted by Crippen LogP contribution is -2.17. The number of fused-ring (bicyclic) bond motifs is 2. The molecule has 13 heavy (non-hydrogen) atoms. The molecule has 2 aliphatic carbocycles. The van der Waals surface area contributed by atoms with Crippen LogP contribution in [0.25, 0.3) is 0 Å². The zero-order chi connectivity index (χ0) is 8.67. The number of hydrogen-bond acceptors (Lipinski definition) is 1. The first kappa shape index (κ1) is 7.81. The summed E-state index contributed by atoms with van der Waals surface area (Å²) in [5.41, 5.74) is 3.17. The van der Waals surface area contributed by atoms with Gasteiger partial charge in [0, 0.05) is 0 Å². The fourth-order valence-corrected chi connectivity index (χ4v) is 2.83. The van der Waals surface area contributed by atoms with Crippen molar-refractivity contribution in [2.75, 3.05) is 0 Å². The largest absolute Gasteiger partial charge is 0.366 e. The van der Waals surface area contributed by atoms with E-state index in [1.807, 2.05) is 0 Å². The zero-order valence-electron chi connectivity index (χ0n) is 7.96. The van der Waals surface area contributed by atoms with Crippen LogP contribution >= 0.6 is 0 Å². The molecule has 0 radical (unpaired) electrons. The molecule has 1 heteroatoms. The number of allylic oxidation sites excluding steroid dienone is 1. The van der Waals surface area contributed by atoms with Gasteiger partial charge in [0.1, 0.15) is 0 Å². The molecule has 1 nitrogen and oxygen atoms in total. The van der Waals surface area contributed by atoms with Crippen LogP contribution in [0.2, 0.25) is 0 Å². The molecule has 0 spiro atoms. The average Bonchev–Trinajstić information content (AvgIpc) is 2.56. The Bertz CT molecular complexity index is 275. The van der Waals surface area contributed by atoms with Crippen LogP contribution in [-0.2, 0) is 4.74 Å². The summed E-state index contributed by atoms with van der Waals surface area (Å²) >= 11 is 0. The Morgan fingerprint density at radius 2 is 2.15 bits per heavy atom. The van der Waals surface area contributed by atoms with Crippen LogP contribution in [0.5, 0.6) is 0 Å². The molecule has 2 atom stereocenters. The third-order valence-electron chi connectivity index (χ3n) is 3.49. The third-order valence-corrected chi connectivity index (χ3v) is 3.49. The van der Waals surface area contributed by atoms with Crippen LogP contribution in [0.15, 0.2) is 23.3 Å². The van der Waals surface area contributed by atoms with Crippen LogP contribution in [0.1, 0.15) is 38.5 Å². The summed E-state index contributed by atoms with van der Waals surface area (Å²) in [4.78, 5) is 0. The molecule has 2 unspecified atom stereocenters. The first-order valence-corrected chi connectivity index (χ1v) is 5.50. The van der Waals surface area contributed by atoms with Gasteiger partial charge < -0.3 is 4.74 Å². The molecule has 70 valence electrons. The summed E-state index contributed by atoms with van der Waals surface area (Å²) in [6.07, 6.45) is 13.3. The van der Waals surface area contributed by atoms with Crippen LogP contribution in [0.3, 0.4) is 0 Å². The molecule has 1 fully saturated rings. The quantitative estimate of drug-likeness (QED) is 0.551. The van der Waals surface area contributed by atoms with Crippen molar-refractivity contribution in [2.24, 2.45) is 0 Å². The Labute approximate surface area is 79.5 Å². The smallest absolute Gasteiger partial charge is 0.0836 e. The SMILES string of the molecule is C1=CC2=C3CCCCC3OC2CC1. The van der Waals surface area contributed by atoms with Crippen LogP contribution in [0, 0.1) is 0 Å². The van der Waals surface area contributed by atoms with Gasteiger partial charge in [0.25, 0.3) is 0 Å². The maximum Gasteiger partial charge on any atom is 0.0836 e. The minimum absolute atomic E-state index is 0.461. The van der Waals surface area contributed by atoms with Gasteiger partial charge in [0.05, 0.1) is 12.2 Å². The summed E-state index contributed by atoms with van der Waals surface area (Å²) in [5, 5.41) is 0. The van der Waals surface area contributed by atoms with Crippen molar-refractivity contribution >= 4 is 0 Å². The topological polar surface area (TPSA) is 9.23 Å². The normalized spacial score (nSPS) is 37.5. The molecule has 0 N–H and O–H groups in total. The van der Waals surface area contributed by atoms with Gasteiger partial charge in [-0.05, 0) is 43.3 Å². The lowest BCUT2D eigenvalue weighted by Gasteiger charge is -2.20. The highest BCUT2D eigenvalue weighted by Gasteiger charge is 2.34. The fourth-order valence-electron chi connectivity index (χ4n) is 2.83. The van der Waals surface area contributed by atoms with E-state index in [4.69, 9.17) is 4.74 Å². The van der Waals surface area contributed by atoms with E-state index in [9.17, 15) is 0 Å². The lowest BCUT2D eigenvalue weighted by atomic mass is 9.87. The second kappa shape index (κ2) is 2.98. The standard InChI is InChI=1S/C12H16O/c1-3-7-11-9(5-1)10-6-2-4-8-12(10)13-11/h1,5,11-12H,2-4,6-8H2. The van der Waals surface area contributed by atoms with Crippen molar-refractivity contribution in [3.63, 3.8) is 0 Å². The Morgan fingerprint density at radius 1 is 1.15 bits per heavy atom. The Hall–Kier alpha value is -0.560. The molecule has 0 amide bonds. The van der Waals surface area contributed by atoms with E-state index in [-0.39, 0.29) is 0 Å². The van der Waals surface area contributed by atoms with Crippen molar-refractivity contribution in [3.8, 4) is 0 Å². The molecule has 0 bridgehead atoms. The molecule has 0 aromatic rings. The van der Waals surface area contributed by atoms with Gasteiger partial charge in [-0.2, -0.15) is 0 Å². The van der Waals surface area contributed by atoms with E-state index in [2.05, 4.69) is 12.2 Å². The van der Waals surface area contributed by atoms with E-state index >= 15 is 0 Å². The van der Waals surface area contributed by atoms with Gasteiger partial charge in [-0.15, -0.1) is 0 Å².